The van der Waals surface area contributed by atoms with E-state index in [1.807, 2.05) is 0 Å². The van der Waals surface area contributed by atoms with Crippen LogP contribution in [-0.4, -0.2) is 12.3 Å². The standard InChI is InChI=1S/C13H27N/c1-4-6-7-8-9-10-12-14-13(3)11-5-2/h4-12H2,1-3H3/b14-13-. The average Bonchev–Trinajstić information content (AvgIpc) is 2.17. The van der Waals surface area contributed by atoms with E-state index in [0.29, 0.717) is 0 Å². The van der Waals surface area contributed by atoms with Crippen LogP contribution in [0.1, 0.15) is 72.1 Å². The van der Waals surface area contributed by atoms with Crippen LogP contribution in [0.4, 0.5) is 0 Å². The number of hydrogen-bond donors (Lipinski definition) is 0. The van der Waals surface area contributed by atoms with Crippen LogP contribution in [0.5, 0.6) is 0 Å². The van der Waals surface area contributed by atoms with Gasteiger partial charge in [-0.2, -0.15) is 0 Å². The lowest BCUT2D eigenvalue weighted by atomic mass is 10.1. The van der Waals surface area contributed by atoms with E-state index in [-0.39, 0.29) is 0 Å². The first-order chi connectivity index (χ1) is 6.81. The third kappa shape index (κ3) is 9.76. The summed E-state index contributed by atoms with van der Waals surface area (Å²) >= 11 is 0. The maximum absolute atomic E-state index is 4.55. The van der Waals surface area contributed by atoms with Gasteiger partial charge in [-0.1, -0.05) is 52.4 Å². The van der Waals surface area contributed by atoms with Crippen LogP contribution in [0.25, 0.3) is 0 Å². The van der Waals surface area contributed by atoms with Gasteiger partial charge in [0.25, 0.3) is 0 Å². The number of nitrogens with zero attached hydrogens (tertiary/aromatic N) is 1. The number of aliphatic imine (C=N–C) groups is 1. The summed E-state index contributed by atoms with van der Waals surface area (Å²) in [5.41, 5.74) is 1.33. The van der Waals surface area contributed by atoms with Gasteiger partial charge in [0.15, 0.2) is 0 Å². The molecule has 0 aromatic carbocycles. The molecule has 1 nitrogen and oxygen atoms in total. The lowest BCUT2D eigenvalue weighted by molar-refractivity contribution is 0.612. The van der Waals surface area contributed by atoms with Crippen molar-refractivity contribution in [3.63, 3.8) is 0 Å². The Labute approximate surface area is 90.0 Å². The third-order valence-electron chi connectivity index (χ3n) is 2.51. The molecular weight excluding hydrogens is 170 g/mol. The second-order valence-corrected chi connectivity index (χ2v) is 4.13. The van der Waals surface area contributed by atoms with E-state index < -0.39 is 0 Å². The topological polar surface area (TPSA) is 12.4 Å². The summed E-state index contributed by atoms with van der Waals surface area (Å²) in [6.07, 6.45) is 10.6. The minimum absolute atomic E-state index is 1.05. The van der Waals surface area contributed by atoms with Crippen LogP contribution in [0, 0.1) is 0 Å². The monoisotopic (exact) mass is 197 g/mol. The Kier molecular flexibility index (Phi) is 10.5. The molecule has 0 bridgehead atoms. The number of unbranched alkanes of at least 4 members (excludes halogenated alkanes) is 5. The molecule has 0 fully saturated rings. The summed E-state index contributed by atoms with van der Waals surface area (Å²) in [6.45, 7) is 7.68. The Morgan fingerprint density at radius 2 is 1.50 bits per heavy atom. The molecule has 0 radical (unpaired) electrons. The molecule has 0 atom stereocenters. The predicted molar refractivity (Wildman–Crippen MR) is 66.3 cm³/mol. The van der Waals surface area contributed by atoms with Crippen molar-refractivity contribution in [2.75, 3.05) is 6.54 Å². The third-order valence-corrected chi connectivity index (χ3v) is 2.51. The van der Waals surface area contributed by atoms with Crippen molar-refractivity contribution in [1.29, 1.82) is 0 Å². The quantitative estimate of drug-likeness (QED) is 0.378. The second-order valence-electron chi connectivity index (χ2n) is 4.13. The summed E-state index contributed by atoms with van der Waals surface area (Å²) in [7, 11) is 0. The highest BCUT2D eigenvalue weighted by molar-refractivity contribution is 5.81. The minimum Gasteiger partial charge on any atom is -0.294 e. The molecule has 0 amide bonds. The minimum atomic E-state index is 1.05. The van der Waals surface area contributed by atoms with Gasteiger partial charge in [-0.3, -0.25) is 4.99 Å². The fourth-order valence-corrected chi connectivity index (χ4v) is 1.60. The zero-order valence-electron chi connectivity index (χ0n) is 10.3. The van der Waals surface area contributed by atoms with E-state index in [1.165, 1.54) is 57.1 Å². The first-order valence-electron chi connectivity index (χ1n) is 6.31. The molecule has 0 spiro atoms. The molecule has 14 heavy (non-hydrogen) atoms. The van der Waals surface area contributed by atoms with Crippen LogP contribution < -0.4 is 0 Å². The predicted octanol–water partition coefficient (Wildman–Crippen LogP) is 4.61. The zero-order chi connectivity index (χ0) is 10.6. The molecule has 0 saturated carbocycles. The molecule has 84 valence electrons. The first kappa shape index (κ1) is 13.7. The van der Waals surface area contributed by atoms with Crippen LogP contribution in [0.3, 0.4) is 0 Å². The Morgan fingerprint density at radius 3 is 2.14 bits per heavy atom. The molecule has 0 aromatic rings. The summed E-state index contributed by atoms with van der Waals surface area (Å²) in [5, 5.41) is 0. The first-order valence-corrected chi connectivity index (χ1v) is 6.31. The zero-order valence-corrected chi connectivity index (χ0v) is 10.3. The molecule has 0 aliphatic rings. The fourth-order valence-electron chi connectivity index (χ4n) is 1.60. The highest BCUT2D eigenvalue weighted by Gasteiger charge is 1.90. The van der Waals surface area contributed by atoms with E-state index in [0.717, 1.165) is 6.54 Å². The highest BCUT2D eigenvalue weighted by atomic mass is 14.7. The summed E-state index contributed by atoms with van der Waals surface area (Å²) in [5.74, 6) is 0. The summed E-state index contributed by atoms with van der Waals surface area (Å²) < 4.78 is 0. The van der Waals surface area contributed by atoms with Gasteiger partial charge in [-0.05, 0) is 19.8 Å². The molecule has 0 heterocycles. The lowest BCUT2D eigenvalue weighted by Crippen LogP contribution is -1.92. The molecule has 0 aliphatic carbocycles. The molecule has 0 aliphatic heterocycles. The Hall–Kier alpha value is -0.330. The van der Waals surface area contributed by atoms with Gasteiger partial charge in [-0.15, -0.1) is 0 Å². The van der Waals surface area contributed by atoms with E-state index in [4.69, 9.17) is 0 Å². The molecule has 0 aromatic heterocycles. The normalized spacial score (nSPS) is 12.1. The Balaban J connectivity index is 3.15. The van der Waals surface area contributed by atoms with Crippen LogP contribution in [0.2, 0.25) is 0 Å². The maximum Gasteiger partial charge on any atom is 0.0388 e. The van der Waals surface area contributed by atoms with Crippen molar-refractivity contribution >= 4 is 5.71 Å². The molecular formula is C13H27N. The van der Waals surface area contributed by atoms with Crippen molar-refractivity contribution in [2.24, 2.45) is 4.99 Å². The highest BCUT2D eigenvalue weighted by Crippen LogP contribution is 2.05. The SMILES string of the molecule is CCCCCCCC/N=C(/C)CCC. The van der Waals surface area contributed by atoms with E-state index in [2.05, 4.69) is 25.8 Å². The molecule has 0 rings (SSSR count). The fraction of sp³-hybridized carbons (Fsp3) is 0.923. The lowest BCUT2D eigenvalue weighted by Gasteiger charge is -1.99. The maximum atomic E-state index is 4.55. The van der Waals surface area contributed by atoms with Crippen molar-refractivity contribution in [1.82, 2.24) is 0 Å². The van der Waals surface area contributed by atoms with Crippen molar-refractivity contribution in [3.8, 4) is 0 Å². The second kappa shape index (κ2) is 10.7. The van der Waals surface area contributed by atoms with Crippen molar-refractivity contribution in [3.05, 3.63) is 0 Å². The molecule has 0 saturated heterocycles. The summed E-state index contributed by atoms with van der Waals surface area (Å²) in [4.78, 5) is 4.55. The van der Waals surface area contributed by atoms with E-state index in [1.54, 1.807) is 0 Å². The van der Waals surface area contributed by atoms with Gasteiger partial charge in [0.2, 0.25) is 0 Å². The van der Waals surface area contributed by atoms with E-state index >= 15 is 0 Å². The average molecular weight is 197 g/mol. The van der Waals surface area contributed by atoms with Crippen molar-refractivity contribution in [2.45, 2.75) is 72.1 Å². The molecule has 0 N–H and O–H groups in total. The van der Waals surface area contributed by atoms with E-state index in [9.17, 15) is 0 Å². The number of rotatable bonds is 9. The van der Waals surface area contributed by atoms with Gasteiger partial charge in [0.1, 0.15) is 0 Å². The Morgan fingerprint density at radius 1 is 0.857 bits per heavy atom. The van der Waals surface area contributed by atoms with Gasteiger partial charge in [0.05, 0.1) is 0 Å². The number of hydrogen-bond acceptors (Lipinski definition) is 1. The van der Waals surface area contributed by atoms with Gasteiger partial charge in [-0.25, -0.2) is 0 Å². The van der Waals surface area contributed by atoms with Gasteiger partial charge < -0.3 is 0 Å². The largest absolute Gasteiger partial charge is 0.294 e. The summed E-state index contributed by atoms with van der Waals surface area (Å²) in [6, 6.07) is 0. The van der Waals surface area contributed by atoms with Gasteiger partial charge >= 0.3 is 0 Å². The van der Waals surface area contributed by atoms with Crippen molar-refractivity contribution < 1.29 is 0 Å². The van der Waals surface area contributed by atoms with Gasteiger partial charge in [0, 0.05) is 12.3 Å². The smallest absolute Gasteiger partial charge is 0.0388 e. The Bertz CT molecular complexity index is 138. The molecule has 1 heteroatoms. The van der Waals surface area contributed by atoms with Crippen LogP contribution in [-0.2, 0) is 0 Å². The van der Waals surface area contributed by atoms with Crippen LogP contribution >= 0.6 is 0 Å². The van der Waals surface area contributed by atoms with Crippen LogP contribution in [0.15, 0.2) is 4.99 Å². The molecule has 0 unspecified atom stereocenters.